The molecular formula is C16H22N2O2. The van der Waals surface area contributed by atoms with Gasteiger partial charge in [0.1, 0.15) is 11.4 Å². The largest absolute Gasteiger partial charge is 0.495 e. The Hall–Kier alpha value is -1.71. The molecule has 2 aliphatic rings. The molecule has 0 radical (unpaired) electrons. The molecule has 1 aliphatic heterocycles. The maximum atomic E-state index is 12.7. The fourth-order valence-electron chi connectivity index (χ4n) is 3.66. The van der Waals surface area contributed by atoms with E-state index in [4.69, 9.17) is 4.74 Å². The molecule has 108 valence electrons. The van der Waals surface area contributed by atoms with Gasteiger partial charge >= 0.3 is 0 Å². The smallest absolute Gasteiger partial charge is 0.232 e. The Morgan fingerprint density at radius 2 is 2.00 bits per heavy atom. The van der Waals surface area contributed by atoms with Crippen LogP contribution in [0, 0.1) is 5.41 Å². The van der Waals surface area contributed by atoms with Gasteiger partial charge in [0.05, 0.1) is 18.2 Å². The third-order valence-corrected chi connectivity index (χ3v) is 4.68. The van der Waals surface area contributed by atoms with Crippen LogP contribution in [0.2, 0.25) is 0 Å². The molecule has 1 fully saturated rings. The molecule has 20 heavy (non-hydrogen) atoms. The second kappa shape index (κ2) is 5.00. The first-order valence-electron chi connectivity index (χ1n) is 7.36. The van der Waals surface area contributed by atoms with Gasteiger partial charge in [0.2, 0.25) is 5.91 Å². The Balaban J connectivity index is 2.02. The highest BCUT2D eigenvalue weighted by Gasteiger charge is 2.43. The molecule has 3 rings (SSSR count). The second-order valence-corrected chi connectivity index (χ2v) is 6.01. The zero-order chi connectivity index (χ0) is 14.2. The first-order valence-corrected chi connectivity index (χ1v) is 7.36. The van der Waals surface area contributed by atoms with E-state index in [9.17, 15) is 4.79 Å². The molecule has 1 aliphatic carbocycles. The standard InChI is InChI=1S/C16H22N2O2/c1-18-11-16(9-4-3-5-10-16)15(19)17-12-7-6-8-13(20-2)14(12)18/h6-8H,3-5,9-11H2,1-2H3,(H,17,19). The van der Waals surface area contributed by atoms with Crippen molar-refractivity contribution >= 4 is 17.3 Å². The topological polar surface area (TPSA) is 41.6 Å². The molecule has 0 aromatic heterocycles. The maximum absolute atomic E-state index is 12.7. The van der Waals surface area contributed by atoms with Crippen molar-refractivity contribution < 1.29 is 9.53 Å². The van der Waals surface area contributed by atoms with Crippen LogP contribution in [0.1, 0.15) is 32.1 Å². The number of methoxy groups -OCH3 is 1. The van der Waals surface area contributed by atoms with Crippen LogP contribution in [-0.4, -0.2) is 26.6 Å². The predicted octanol–water partition coefficient (Wildman–Crippen LogP) is 3.03. The van der Waals surface area contributed by atoms with Gasteiger partial charge in [-0.1, -0.05) is 25.3 Å². The van der Waals surface area contributed by atoms with Gasteiger partial charge in [0.15, 0.2) is 0 Å². The molecule has 4 heteroatoms. The number of ether oxygens (including phenoxy) is 1. The zero-order valence-corrected chi connectivity index (χ0v) is 12.2. The first kappa shape index (κ1) is 13.3. The van der Waals surface area contributed by atoms with Gasteiger partial charge < -0.3 is 15.0 Å². The molecule has 1 spiro atoms. The molecule has 0 atom stereocenters. The minimum absolute atomic E-state index is 0.177. The van der Waals surface area contributed by atoms with E-state index in [0.29, 0.717) is 0 Å². The number of hydrogen-bond acceptors (Lipinski definition) is 3. The maximum Gasteiger partial charge on any atom is 0.232 e. The lowest BCUT2D eigenvalue weighted by molar-refractivity contribution is -0.126. The molecule has 1 saturated carbocycles. The van der Waals surface area contributed by atoms with Crippen molar-refractivity contribution in [3.63, 3.8) is 0 Å². The van der Waals surface area contributed by atoms with E-state index >= 15 is 0 Å². The lowest BCUT2D eigenvalue weighted by Crippen LogP contribution is -2.44. The average Bonchev–Trinajstić information content (AvgIpc) is 2.56. The van der Waals surface area contributed by atoms with Crippen LogP contribution >= 0.6 is 0 Å². The highest BCUT2D eigenvalue weighted by atomic mass is 16.5. The molecular weight excluding hydrogens is 252 g/mol. The lowest BCUT2D eigenvalue weighted by Gasteiger charge is -2.36. The van der Waals surface area contributed by atoms with E-state index in [0.717, 1.165) is 49.4 Å². The van der Waals surface area contributed by atoms with Crippen molar-refractivity contribution in [2.75, 3.05) is 30.9 Å². The molecule has 1 aromatic carbocycles. The Morgan fingerprint density at radius 1 is 1.25 bits per heavy atom. The van der Waals surface area contributed by atoms with Gasteiger partial charge in [-0.2, -0.15) is 0 Å². The Labute approximate surface area is 120 Å². The number of rotatable bonds is 1. The van der Waals surface area contributed by atoms with Gasteiger partial charge in [-0.05, 0) is 25.0 Å². The van der Waals surface area contributed by atoms with Crippen LogP contribution in [0.4, 0.5) is 11.4 Å². The van der Waals surface area contributed by atoms with Crippen LogP contribution in [0.25, 0.3) is 0 Å². The average molecular weight is 274 g/mol. The Kier molecular flexibility index (Phi) is 3.32. The van der Waals surface area contributed by atoms with Crippen LogP contribution in [0.5, 0.6) is 5.75 Å². The highest BCUT2D eigenvalue weighted by molar-refractivity contribution is 6.01. The third kappa shape index (κ3) is 2.03. The van der Waals surface area contributed by atoms with Crippen molar-refractivity contribution in [1.29, 1.82) is 0 Å². The molecule has 0 saturated heterocycles. The fraction of sp³-hybridized carbons (Fsp3) is 0.562. The number of hydrogen-bond donors (Lipinski definition) is 1. The summed E-state index contributed by atoms with van der Waals surface area (Å²) in [6.07, 6.45) is 5.51. The van der Waals surface area contributed by atoms with Crippen LogP contribution in [-0.2, 0) is 4.79 Å². The summed E-state index contributed by atoms with van der Waals surface area (Å²) >= 11 is 0. The number of anilines is 2. The minimum Gasteiger partial charge on any atom is -0.495 e. The summed E-state index contributed by atoms with van der Waals surface area (Å²) in [5.74, 6) is 0.995. The summed E-state index contributed by atoms with van der Waals surface area (Å²) in [5.41, 5.74) is 1.61. The van der Waals surface area contributed by atoms with Gasteiger partial charge in [-0.25, -0.2) is 0 Å². The number of carbonyl (C=O) groups excluding carboxylic acids is 1. The summed E-state index contributed by atoms with van der Waals surface area (Å²) in [4.78, 5) is 14.9. The van der Waals surface area contributed by atoms with Crippen molar-refractivity contribution in [1.82, 2.24) is 0 Å². The van der Waals surface area contributed by atoms with E-state index in [1.54, 1.807) is 7.11 Å². The summed E-state index contributed by atoms with van der Waals surface area (Å²) in [7, 11) is 3.73. The van der Waals surface area contributed by atoms with E-state index in [1.165, 1.54) is 6.42 Å². The molecule has 0 unspecified atom stereocenters. The van der Waals surface area contributed by atoms with Crippen LogP contribution in [0.3, 0.4) is 0 Å². The quantitative estimate of drug-likeness (QED) is 0.856. The Bertz CT molecular complexity index is 521. The summed E-state index contributed by atoms with van der Waals surface area (Å²) in [6.45, 7) is 0.770. The predicted molar refractivity (Wildman–Crippen MR) is 80.4 cm³/mol. The molecule has 1 amide bonds. The van der Waals surface area contributed by atoms with E-state index in [1.807, 2.05) is 18.2 Å². The minimum atomic E-state index is -0.239. The second-order valence-electron chi connectivity index (χ2n) is 6.01. The molecule has 1 heterocycles. The van der Waals surface area contributed by atoms with Gasteiger partial charge in [0, 0.05) is 13.6 Å². The van der Waals surface area contributed by atoms with E-state index < -0.39 is 0 Å². The fourth-order valence-corrected chi connectivity index (χ4v) is 3.66. The number of amides is 1. The van der Waals surface area contributed by atoms with Gasteiger partial charge in [0.25, 0.3) is 0 Å². The van der Waals surface area contributed by atoms with E-state index in [-0.39, 0.29) is 11.3 Å². The number of nitrogens with zero attached hydrogens (tertiary/aromatic N) is 1. The number of fused-ring (bicyclic) bond motifs is 1. The van der Waals surface area contributed by atoms with Gasteiger partial charge in [-0.3, -0.25) is 4.79 Å². The zero-order valence-electron chi connectivity index (χ0n) is 12.2. The number of carbonyl (C=O) groups is 1. The van der Waals surface area contributed by atoms with E-state index in [2.05, 4.69) is 17.3 Å². The summed E-state index contributed by atoms with van der Waals surface area (Å²) in [5, 5.41) is 3.13. The summed E-state index contributed by atoms with van der Waals surface area (Å²) in [6, 6.07) is 5.82. The van der Waals surface area contributed by atoms with Crippen molar-refractivity contribution in [3.8, 4) is 5.75 Å². The SMILES string of the molecule is COc1cccc2c1N(C)CC1(CCCCC1)C(=O)N2. The van der Waals surface area contributed by atoms with Crippen molar-refractivity contribution in [2.24, 2.45) is 5.41 Å². The molecule has 1 N–H and O–H groups in total. The monoisotopic (exact) mass is 274 g/mol. The summed E-state index contributed by atoms with van der Waals surface area (Å²) < 4.78 is 5.46. The molecule has 0 bridgehead atoms. The van der Waals surface area contributed by atoms with Crippen LogP contribution in [0.15, 0.2) is 18.2 Å². The number of benzene rings is 1. The third-order valence-electron chi connectivity index (χ3n) is 4.68. The van der Waals surface area contributed by atoms with Crippen molar-refractivity contribution in [3.05, 3.63) is 18.2 Å². The first-order chi connectivity index (χ1) is 9.66. The Morgan fingerprint density at radius 3 is 2.70 bits per heavy atom. The number of nitrogens with one attached hydrogen (secondary N) is 1. The van der Waals surface area contributed by atoms with Gasteiger partial charge in [-0.15, -0.1) is 0 Å². The van der Waals surface area contributed by atoms with Crippen molar-refractivity contribution in [2.45, 2.75) is 32.1 Å². The normalized spacial score (nSPS) is 21.1. The highest BCUT2D eigenvalue weighted by Crippen LogP contribution is 2.45. The molecule has 1 aromatic rings. The van der Waals surface area contributed by atoms with Crippen LogP contribution < -0.4 is 15.0 Å². The molecule has 4 nitrogen and oxygen atoms in total. The lowest BCUT2D eigenvalue weighted by atomic mass is 9.73. The number of para-hydroxylation sites is 1.